The van der Waals surface area contributed by atoms with E-state index in [0.717, 1.165) is 5.69 Å². The molecule has 0 atom stereocenters. The second-order valence-corrected chi connectivity index (χ2v) is 14.2. The van der Waals surface area contributed by atoms with E-state index in [0.29, 0.717) is 0 Å². The molecule has 9 nitrogen and oxygen atoms in total. The van der Waals surface area contributed by atoms with Crippen LogP contribution >= 0.6 is 15.8 Å². The van der Waals surface area contributed by atoms with Crippen LogP contribution in [0, 0.1) is 43.8 Å². The number of nitrogens with zero attached hydrogens (tertiary/aromatic N) is 1. The summed E-state index contributed by atoms with van der Waals surface area (Å²) in [5, 5.41) is 6.47. The summed E-state index contributed by atoms with van der Waals surface area (Å²) in [6.45, 7) is 20.1. The smallest absolute Gasteiger partial charge is 0 e. The average Bonchev–Trinajstić information content (AvgIpc) is 3.16. The first kappa shape index (κ1) is 48.1. The second kappa shape index (κ2) is 28.8. The average molecular weight is 766 g/mol. The summed E-state index contributed by atoms with van der Waals surface area (Å²) in [5.41, 5.74) is 2.15. The summed E-state index contributed by atoms with van der Waals surface area (Å²) in [5.74, 6) is 3.65. The van der Waals surface area contributed by atoms with Gasteiger partial charge in [0.2, 0.25) is 0 Å². The molecular weight excluding hydrogens is 739 g/mol. The summed E-state index contributed by atoms with van der Waals surface area (Å²) in [7, 11) is -6.67. The Bertz CT molecular complexity index is 1570. The minimum Gasteiger partial charge on any atom is -0.222 e. The van der Waals surface area contributed by atoms with E-state index in [9.17, 15) is 0 Å². The second-order valence-electron chi connectivity index (χ2n) is 8.77. The Morgan fingerprint density at radius 2 is 0.740 bits per heavy atom. The van der Waals surface area contributed by atoms with Crippen molar-refractivity contribution in [1.82, 2.24) is 0 Å². The van der Waals surface area contributed by atoms with Crippen molar-refractivity contribution in [2.45, 2.75) is 6.92 Å². The Morgan fingerprint density at radius 3 is 0.980 bits per heavy atom. The van der Waals surface area contributed by atoms with Crippen molar-refractivity contribution < 1.29 is 64.6 Å². The van der Waals surface area contributed by atoms with Crippen molar-refractivity contribution in [3.05, 3.63) is 183 Å². The van der Waals surface area contributed by atoms with E-state index in [-0.39, 0.29) is 17.1 Å². The van der Waals surface area contributed by atoms with E-state index >= 15 is 0 Å². The van der Waals surface area contributed by atoms with Gasteiger partial charge in [0.15, 0.2) is 0 Å². The maximum atomic E-state index is 8.49. The zero-order chi connectivity index (χ0) is 37.1. The van der Waals surface area contributed by atoms with Gasteiger partial charge in [0.25, 0.3) is 0 Å². The van der Waals surface area contributed by atoms with Crippen LogP contribution in [-0.4, -0.2) is 5.87 Å². The topological polar surface area (TPSA) is 184 Å². The maximum absolute atomic E-state index is 8.49. The molecule has 0 aliphatic heterocycles. The Labute approximate surface area is 306 Å². The van der Waals surface area contributed by atoms with Gasteiger partial charge in [-0.2, -0.15) is 0 Å². The molecule has 0 saturated carbocycles. The summed E-state index contributed by atoms with van der Waals surface area (Å²) in [4.78, 5) is 4.94. The zero-order valence-electron chi connectivity index (χ0n) is 26.2. The molecule has 0 unspecified atom stereocenters. The minimum absolute atomic E-state index is 0. The van der Waals surface area contributed by atoms with Gasteiger partial charge in [-0.25, -0.2) is 23.6 Å². The third kappa shape index (κ3) is 18.1. The third-order valence-corrected chi connectivity index (χ3v) is 11.3. The van der Waals surface area contributed by atoms with Gasteiger partial charge >= 0.3 is 45.2 Å². The number of hydrogen-bond acceptors (Lipinski definition) is 5. The molecule has 50 heavy (non-hydrogen) atoms. The molecule has 0 aliphatic rings. The minimum atomic E-state index is -4.94. The van der Waals surface area contributed by atoms with Gasteiger partial charge in [-0.1, -0.05) is 139 Å². The Kier molecular flexibility index (Phi) is 27.7. The first-order chi connectivity index (χ1) is 23.8. The standard InChI is InChI=1S/C33H27NP2.4CO.ClHO4.Mn/c1-27-22-24-28(25-23-27)34-26-33(35(29-14-6-2-7-15-29)30-16-8-3-9-17-30)36(31-18-10-4-11-19-31)32-20-12-5-13-21-32;4*1-2;2-1(3,4)5;/h2-25H,1H3;;;;;(H,2,3,4,5);/p-1. The largest absolute Gasteiger partial charge is 0.222 e. The summed E-state index contributed by atoms with van der Waals surface area (Å²) in [6, 6.07) is 51.7. The van der Waals surface area contributed by atoms with E-state index in [4.69, 9.17) is 42.2 Å². The molecule has 0 bridgehead atoms. The number of aryl methyl sites for hydroxylation is 1. The van der Waals surface area contributed by atoms with Crippen LogP contribution < -0.4 is 39.9 Å². The van der Waals surface area contributed by atoms with E-state index in [2.05, 4.69) is 185 Å². The third-order valence-electron chi connectivity index (χ3n) is 5.80. The first-order valence-corrected chi connectivity index (χ1v) is 17.4. The van der Waals surface area contributed by atoms with Gasteiger partial charge in [0.1, 0.15) is 0 Å². The van der Waals surface area contributed by atoms with E-state index in [1.807, 2.05) is 0 Å². The van der Waals surface area contributed by atoms with Crippen LogP contribution in [0.1, 0.15) is 5.56 Å². The number of aliphatic imine (C=N–C) groups is 1. The van der Waals surface area contributed by atoms with Crippen LogP contribution in [0.4, 0.5) is 5.69 Å². The molecule has 0 aromatic heterocycles. The van der Waals surface area contributed by atoms with Gasteiger partial charge in [-0.3, -0.25) is 0 Å². The van der Waals surface area contributed by atoms with Crippen molar-refractivity contribution in [3.63, 3.8) is 0 Å². The Morgan fingerprint density at radius 1 is 0.500 bits per heavy atom. The van der Waals surface area contributed by atoms with Gasteiger partial charge in [-0.05, 0) is 62.0 Å². The van der Waals surface area contributed by atoms with Crippen LogP contribution in [0.25, 0.3) is 0 Å². The van der Waals surface area contributed by atoms with Crippen molar-refractivity contribution in [2.75, 3.05) is 0 Å². The number of rotatable bonds is 7. The van der Waals surface area contributed by atoms with Crippen LogP contribution in [0.5, 0.6) is 0 Å². The fourth-order valence-electron chi connectivity index (χ4n) is 4.03. The van der Waals surface area contributed by atoms with Crippen LogP contribution in [-0.2, 0) is 35.7 Å². The van der Waals surface area contributed by atoms with Crippen LogP contribution in [0.2, 0.25) is 0 Å². The Balaban J connectivity index is 0. The van der Waals surface area contributed by atoms with Crippen LogP contribution in [0.15, 0.2) is 156 Å². The molecule has 0 aliphatic carbocycles. The molecule has 1 radical (unpaired) electrons. The monoisotopic (exact) mass is 765 g/mol. The van der Waals surface area contributed by atoms with Crippen LogP contribution in [0.3, 0.4) is 0 Å². The summed E-state index contributed by atoms with van der Waals surface area (Å²) in [6.07, 6.45) is 0. The van der Waals surface area contributed by atoms with E-state index in [1.165, 1.54) is 31.8 Å². The molecule has 0 saturated heterocycles. The Hall–Kier alpha value is -3.98. The van der Waals surface area contributed by atoms with Crippen molar-refractivity contribution in [2.24, 2.45) is 4.99 Å². The number of benzene rings is 5. The summed E-state index contributed by atoms with van der Waals surface area (Å²) >= 11 is 0. The van der Waals surface area contributed by atoms with Gasteiger partial charge < -0.3 is 0 Å². The molecule has 0 amide bonds. The van der Waals surface area contributed by atoms with Crippen molar-refractivity contribution in [3.8, 4) is 0 Å². The molecule has 0 spiro atoms. The van der Waals surface area contributed by atoms with Gasteiger partial charge in [-0.15, -0.1) is 10.2 Å². The van der Waals surface area contributed by atoms with Crippen molar-refractivity contribution in [1.29, 1.82) is 0 Å². The predicted octanol–water partition coefficient (Wildman–Crippen LogP) is 2.49. The SMILES string of the molecule is Cc1ccc(N=C=C(P(c2ccccc2)c2ccccc2)P(c2ccccc2)c2ccccc2)cc1.[C-]#[O+].[C-]#[O+].[C-]#[O+].[C-]#[O+].[Mn].[O-][Cl+3]([O-])([O-])[O-]. The molecule has 5 aromatic rings. The quantitative estimate of drug-likeness (QED) is 0.0812. The molecule has 5 aromatic carbocycles. The van der Waals surface area contributed by atoms with E-state index < -0.39 is 26.1 Å². The molecule has 0 fully saturated rings. The molecule has 0 heterocycles. The number of hydrogen-bond donors (Lipinski definition) is 0. The van der Waals surface area contributed by atoms with Gasteiger partial charge in [0.05, 0.1) is 10.7 Å². The maximum Gasteiger partial charge on any atom is 0 e. The van der Waals surface area contributed by atoms with Gasteiger partial charge in [0, 0.05) is 17.1 Å². The zero-order valence-corrected chi connectivity index (χ0v) is 29.9. The van der Waals surface area contributed by atoms with Crippen molar-refractivity contribution >= 4 is 48.6 Å². The molecule has 0 N–H and O–H groups in total. The molecule has 5 rings (SSSR count). The molecule has 13 heteroatoms. The number of halogens is 1. The summed E-state index contributed by atoms with van der Waals surface area (Å²) < 4.78 is 64.0. The first-order valence-electron chi connectivity index (χ1n) is 13.4. The fraction of sp³-hybridized carbons (Fsp3) is 0.0270. The molecule has 253 valence electrons. The van der Waals surface area contributed by atoms with E-state index in [1.54, 1.807) is 0 Å². The fourth-order valence-corrected chi connectivity index (χ4v) is 9.97. The normalized spacial score (nSPS) is 9.10. The predicted molar refractivity (Wildman–Crippen MR) is 176 cm³/mol. The molecular formula is C37H27ClMnNO8P2-.